The number of amides is 1. The summed E-state index contributed by atoms with van der Waals surface area (Å²) in [5.74, 6) is -0.0254. The summed E-state index contributed by atoms with van der Waals surface area (Å²) in [6, 6.07) is 0. The quantitative estimate of drug-likeness (QED) is 0.524. The third kappa shape index (κ3) is 6.05. The second-order valence-electron chi connectivity index (χ2n) is 4.65. The molecule has 0 spiro atoms. The highest BCUT2D eigenvalue weighted by molar-refractivity contribution is 5.77. The number of carbonyl (C=O) groups is 1. The van der Waals surface area contributed by atoms with E-state index in [0.717, 1.165) is 6.42 Å². The van der Waals surface area contributed by atoms with Gasteiger partial charge in [-0.25, -0.2) is 0 Å². The van der Waals surface area contributed by atoms with Gasteiger partial charge >= 0.3 is 0 Å². The van der Waals surface area contributed by atoms with Crippen molar-refractivity contribution in [2.75, 3.05) is 39.9 Å². The second kappa shape index (κ2) is 7.60. The predicted molar refractivity (Wildman–Crippen MR) is 63.1 cm³/mol. The van der Waals surface area contributed by atoms with Gasteiger partial charge in [0, 0.05) is 18.5 Å². The van der Waals surface area contributed by atoms with Crippen molar-refractivity contribution >= 4 is 5.91 Å². The predicted octanol–water partition coefficient (Wildman–Crippen LogP) is -0.565. The summed E-state index contributed by atoms with van der Waals surface area (Å²) in [6.07, 6.45) is 0.917. The summed E-state index contributed by atoms with van der Waals surface area (Å²) in [7, 11) is 1.80. The number of nitrogens with zero attached hydrogens (tertiary/aromatic N) is 1. The number of carbonyl (C=O) groups excluding carboxylic acids is 1. The van der Waals surface area contributed by atoms with E-state index >= 15 is 0 Å². The van der Waals surface area contributed by atoms with Crippen LogP contribution in [0.3, 0.4) is 0 Å². The lowest BCUT2D eigenvalue weighted by Crippen LogP contribution is -2.43. The monoisotopic (exact) mass is 232 g/mol. The Kier molecular flexibility index (Phi) is 7.29. The molecule has 0 aromatic heterocycles. The maximum Gasteiger partial charge on any atom is 0.234 e. The Hall–Kier alpha value is -0.650. The lowest BCUT2D eigenvalue weighted by atomic mass is 9.92. The molecule has 0 rings (SSSR count). The highest BCUT2D eigenvalue weighted by Crippen LogP contribution is 2.14. The van der Waals surface area contributed by atoms with Gasteiger partial charge in [-0.1, -0.05) is 13.8 Å². The first-order valence-corrected chi connectivity index (χ1v) is 5.64. The minimum Gasteiger partial charge on any atom is -0.396 e. The molecule has 96 valence electrons. The average molecular weight is 232 g/mol. The number of hydrogen-bond acceptors (Lipinski definition) is 4. The van der Waals surface area contributed by atoms with Crippen molar-refractivity contribution in [2.45, 2.75) is 20.3 Å². The van der Waals surface area contributed by atoms with E-state index in [1.165, 1.54) is 0 Å². The molecule has 0 aliphatic rings. The topological polar surface area (TPSA) is 72.8 Å². The molecular weight excluding hydrogens is 208 g/mol. The average Bonchev–Trinajstić information content (AvgIpc) is 2.25. The highest BCUT2D eigenvalue weighted by Gasteiger charge is 2.24. The lowest BCUT2D eigenvalue weighted by Gasteiger charge is -2.29. The van der Waals surface area contributed by atoms with Crippen LogP contribution in [0.1, 0.15) is 20.3 Å². The molecular formula is C11H24N2O3. The van der Waals surface area contributed by atoms with Gasteiger partial charge in [0.15, 0.2) is 0 Å². The zero-order chi connectivity index (χ0) is 12.6. The Labute approximate surface area is 97.4 Å². The van der Waals surface area contributed by atoms with Crippen LogP contribution in [0.4, 0.5) is 0 Å². The number of nitrogens with one attached hydrogen (secondary N) is 1. The maximum atomic E-state index is 11.4. The Bertz CT molecular complexity index is 205. The van der Waals surface area contributed by atoms with Crippen molar-refractivity contribution < 1.29 is 15.0 Å². The second-order valence-corrected chi connectivity index (χ2v) is 4.65. The van der Waals surface area contributed by atoms with Crippen molar-refractivity contribution in [3.05, 3.63) is 0 Å². The SMILES string of the molecule is CCCNC(=O)CN(C)CC(C)(CO)CO. The molecule has 0 saturated heterocycles. The normalized spacial score (nSPS) is 11.9. The van der Waals surface area contributed by atoms with E-state index in [0.29, 0.717) is 13.1 Å². The smallest absolute Gasteiger partial charge is 0.234 e. The van der Waals surface area contributed by atoms with Crippen LogP contribution in [0.25, 0.3) is 0 Å². The summed E-state index contributed by atoms with van der Waals surface area (Å²) < 4.78 is 0. The van der Waals surface area contributed by atoms with E-state index in [4.69, 9.17) is 10.2 Å². The van der Waals surface area contributed by atoms with Gasteiger partial charge in [0.25, 0.3) is 0 Å². The molecule has 5 heteroatoms. The van der Waals surface area contributed by atoms with Crippen LogP contribution in [0, 0.1) is 5.41 Å². The minimum absolute atomic E-state index is 0.0254. The van der Waals surface area contributed by atoms with Crippen molar-refractivity contribution in [2.24, 2.45) is 5.41 Å². The highest BCUT2D eigenvalue weighted by atomic mass is 16.3. The van der Waals surface area contributed by atoms with E-state index in [-0.39, 0.29) is 25.7 Å². The fraction of sp³-hybridized carbons (Fsp3) is 0.909. The molecule has 0 aliphatic heterocycles. The molecule has 0 aliphatic carbocycles. The van der Waals surface area contributed by atoms with Gasteiger partial charge in [-0.05, 0) is 13.5 Å². The van der Waals surface area contributed by atoms with Crippen LogP contribution in [0.15, 0.2) is 0 Å². The first kappa shape index (κ1) is 15.3. The number of rotatable bonds is 8. The largest absolute Gasteiger partial charge is 0.396 e. The molecule has 0 fully saturated rings. The van der Waals surface area contributed by atoms with Gasteiger partial charge in [0.1, 0.15) is 0 Å². The number of aliphatic hydroxyl groups is 2. The van der Waals surface area contributed by atoms with E-state index in [9.17, 15) is 4.79 Å². The number of hydrogen-bond donors (Lipinski definition) is 3. The Balaban J connectivity index is 3.97. The Morgan fingerprint density at radius 1 is 1.38 bits per heavy atom. The zero-order valence-electron chi connectivity index (χ0n) is 10.5. The molecule has 0 unspecified atom stereocenters. The van der Waals surface area contributed by atoms with Crippen LogP contribution >= 0.6 is 0 Å². The summed E-state index contributed by atoms with van der Waals surface area (Å²) in [6.45, 7) is 5.06. The molecule has 16 heavy (non-hydrogen) atoms. The molecule has 0 heterocycles. The van der Waals surface area contributed by atoms with E-state index < -0.39 is 5.41 Å². The Morgan fingerprint density at radius 3 is 2.38 bits per heavy atom. The standard InChI is InChI=1S/C11H24N2O3/c1-4-5-12-10(16)6-13(3)7-11(2,8-14)9-15/h14-15H,4-9H2,1-3H3,(H,12,16). The fourth-order valence-electron chi connectivity index (χ4n) is 1.42. The molecule has 5 nitrogen and oxygen atoms in total. The van der Waals surface area contributed by atoms with Crippen LogP contribution in [0.5, 0.6) is 0 Å². The molecule has 0 aromatic rings. The van der Waals surface area contributed by atoms with Gasteiger partial charge in [0.2, 0.25) is 5.91 Å². The van der Waals surface area contributed by atoms with Crippen molar-refractivity contribution in [1.29, 1.82) is 0 Å². The third-order valence-electron chi connectivity index (χ3n) is 2.40. The van der Waals surface area contributed by atoms with E-state index in [1.54, 1.807) is 18.9 Å². The zero-order valence-corrected chi connectivity index (χ0v) is 10.5. The molecule has 0 bridgehead atoms. The van der Waals surface area contributed by atoms with E-state index in [2.05, 4.69) is 5.32 Å². The van der Waals surface area contributed by atoms with Crippen LogP contribution < -0.4 is 5.32 Å². The molecule has 0 saturated carbocycles. The third-order valence-corrected chi connectivity index (χ3v) is 2.40. The number of aliphatic hydroxyl groups excluding tert-OH is 2. The molecule has 1 amide bonds. The maximum absolute atomic E-state index is 11.4. The van der Waals surface area contributed by atoms with Crippen molar-refractivity contribution in [3.8, 4) is 0 Å². The van der Waals surface area contributed by atoms with Crippen LogP contribution in [-0.4, -0.2) is 60.9 Å². The van der Waals surface area contributed by atoms with Crippen molar-refractivity contribution in [1.82, 2.24) is 10.2 Å². The van der Waals surface area contributed by atoms with Gasteiger partial charge in [-0.3, -0.25) is 9.69 Å². The van der Waals surface area contributed by atoms with Gasteiger partial charge in [0.05, 0.1) is 19.8 Å². The fourth-order valence-corrected chi connectivity index (χ4v) is 1.42. The first-order valence-electron chi connectivity index (χ1n) is 5.64. The summed E-state index contributed by atoms with van der Waals surface area (Å²) in [5, 5.41) is 21.0. The van der Waals surface area contributed by atoms with E-state index in [1.807, 2.05) is 6.92 Å². The molecule has 0 atom stereocenters. The molecule has 3 N–H and O–H groups in total. The lowest BCUT2D eigenvalue weighted by molar-refractivity contribution is -0.122. The Morgan fingerprint density at radius 2 is 1.94 bits per heavy atom. The molecule has 0 aromatic carbocycles. The van der Waals surface area contributed by atoms with Crippen molar-refractivity contribution in [3.63, 3.8) is 0 Å². The van der Waals surface area contributed by atoms with Gasteiger partial charge < -0.3 is 15.5 Å². The number of likely N-dealkylation sites (N-methyl/N-ethyl adjacent to an activating group) is 1. The first-order chi connectivity index (χ1) is 7.47. The molecule has 0 radical (unpaired) electrons. The minimum atomic E-state index is -0.556. The van der Waals surface area contributed by atoms with Gasteiger partial charge in [-0.15, -0.1) is 0 Å². The summed E-state index contributed by atoms with van der Waals surface area (Å²) in [4.78, 5) is 13.2. The van der Waals surface area contributed by atoms with Crippen LogP contribution in [0.2, 0.25) is 0 Å². The summed E-state index contributed by atoms with van der Waals surface area (Å²) >= 11 is 0. The van der Waals surface area contributed by atoms with Crippen LogP contribution in [-0.2, 0) is 4.79 Å². The summed E-state index contributed by atoms with van der Waals surface area (Å²) in [5.41, 5.74) is -0.556. The van der Waals surface area contributed by atoms with Gasteiger partial charge in [-0.2, -0.15) is 0 Å².